The van der Waals surface area contributed by atoms with Crippen molar-refractivity contribution in [2.45, 2.75) is 26.2 Å². The van der Waals surface area contributed by atoms with Gasteiger partial charge in [0.2, 0.25) is 5.91 Å². The Morgan fingerprint density at radius 2 is 2.00 bits per heavy atom. The summed E-state index contributed by atoms with van der Waals surface area (Å²) in [6.07, 6.45) is 6.36. The van der Waals surface area contributed by atoms with Crippen LogP contribution in [-0.2, 0) is 4.79 Å². The second-order valence-corrected chi connectivity index (χ2v) is 11.0. The summed E-state index contributed by atoms with van der Waals surface area (Å²) in [6.45, 7) is 10.9. The molecule has 3 aromatic rings. The van der Waals surface area contributed by atoms with Crippen molar-refractivity contribution in [2.24, 2.45) is 5.41 Å². The van der Waals surface area contributed by atoms with Crippen molar-refractivity contribution in [2.75, 3.05) is 65.4 Å². The molecule has 0 radical (unpaired) electrons. The van der Waals surface area contributed by atoms with Gasteiger partial charge < -0.3 is 24.2 Å². The number of methoxy groups -OCH3 is 1. The van der Waals surface area contributed by atoms with Crippen molar-refractivity contribution in [3.8, 4) is 22.6 Å². The standard InChI is InChI=1S/C30H39N5O3/c1-6-27(36)35-19-30(20-35)10-13-34(14-11-30)22-16-23(28-21(2)8-9-25-24(28)18-31-32-25)29(37-5)26(17-22)38-15-7-12-33(3)4/h6,8-9,16-18H,1,7,10-15,19-20H2,2-5H3,(H,31,32). The minimum atomic E-state index is 0.0395. The minimum Gasteiger partial charge on any atom is -0.492 e. The van der Waals surface area contributed by atoms with Crippen LogP contribution in [0.4, 0.5) is 5.69 Å². The average Bonchev–Trinajstić information content (AvgIpc) is 3.37. The van der Waals surface area contributed by atoms with Crippen LogP contribution in [0.1, 0.15) is 24.8 Å². The quantitative estimate of drug-likeness (QED) is 0.333. The Labute approximate surface area is 225 Å². The number of ether oxygens (including phenoxy) is 2. The summed E-state index contributed by atoms with van der Waals surface area (Å²) in [5.74, 6) is 1.56. The molecule has 0 unspecified atom stereocenters. The maximum Gasteiger partial charge on any atom is 0.245 e. The first-order valence-electron chi connectivity index (χ1n) is 13.4. The van der Waals surface area contributed by atoms with E-state index in [2.05, 4.69) is 71.9 Å². The molecule has 0 bridgehead atoms. The van der Waals surface area contributed by atoms with Gasteiger partial charge in [0.1, 0.15) is 0 Å². The third-order valence-electron chi connectivity index (χ3n) is 8.08. The molecule has 0 aliphatic carbocycles. The number of nitrogens with one attached hydrogen (secondary N) is 1. The molecular formula is C30H39N5O3. The van der Waals surface area contributed by atoms with E-state index in [1.807, 2.05) is 11.1 Å². The van der Waals surface area contributed by atoms with Crippen LogP contribution in [-0.4, -0.2) is 86.4 Å². The third-order valence-corrected chi connectivity index (χ3v) is 8.08. The van der Waals surface area contributed by atoms with E-state index in [-0.39, 0.29) is 11.3 Å². The van der Waals surface area contributed by atoms with Crippen molar-refractivity contribution >= 4 is 22.5 Å². The van der Waals surface area contributed by atoms with Gasteiger partial charge in [0.25, 0.3) is 0 Å². The van der Waals surface area contributed by atoms with Crippen LogP contribution >= 0.6 is 0 Å². The van der Waals surface area contributed by atoms with Gasteiger partial charge in [-0.2, -0.15) is 5.10 Å². The molecule has 2 fully saturated rings. The molecule has 2 saturated heterocycles. The van der Waals surface area contributed by atoms with Crippen molar-refractivity contribution < 1.29 is 14.3 Å². The van der Waals surface area contributed by atoms with Crippen molar-refractivity contribution in [3.63, 3.8) is 0 Å². The molecule has 1 amide bonds. The van der Waals surface area contributed by atoms with Crippen LogP contribution in [0.2, 0.25) is 0 Å². The Balaban J connectivity index is 1.47. The van der Waals surface area contributed by atoms with Gasteiger partial charge in [0.05, 0.1) is 25.4 Å². The molecule has 0 atom stereocenters. The lowest BCUT2D eigenvalue weighted by Gasteiger charge is -2.54. The summed E-state index contributed by atoms with van der Waals surface area (Å²) >= 11 is 0. The Kier molecular flexibility index (Phi) is 7.34. The number of hydrogen-bond acceptors (Lipinski definition) is 6. The third kappa shape index (κ3) is 4.97. The van der Waals surface area contributed by atoms with Crippen LogP contribution in [0.25, 0.3) is 22.0 Å². The molecular weight excluding hydrogens is 478 g/mol. The topological polar surface area (TPSA) is 73.9 Å². The fourth-order valence-corrected chi connectivity index (χ4v) is 5.92. The number of nitrogens with zero attached hydrogens (tertiary/aromatic N) is 4. The molecule has 202 valence electrons. The van der Waals surface area contributed by atoms with Gasteiger partial charge in [-0.05, 0) is 69.6 Å². The lowest BCUT2D eigenvalue weighted by Crippen LogP contribution is -2.61. The number of anilines is 1. The zero-order chi connectivity index (χ0) is 26.9. The molecule has 5 rings (SSSR count). The van der Waals surface area contributed by atoms with Gasteiger partial charge in [0.15, 0.2) is 11.5 Å². The number of piperidine rings is 1. The van der Waals surface area contributed by atoms with Crippen LogP contribution in [0.15, 0.2) is 43.1 Å². The molecule has 1 N–H and O–H groups in total. The van der Waals surface area contributed by atoms with E-state index in [9.17, 15) is 4.79 Å². The molecule has 0 saturated carbocycles. The second-order valence-electron chi connectivity index (χ2n) is 11.0. The second kappa shape index (κ2) is 10.7. The summed E-state index contributed by atoms with van der Waals surface area (Å²) in [5, 5.41) is 8.48. The van der Waals surface area contributed by atoms with E-state index in [1.165, 1.54) is 6.08 Å². The van der Waals surface area contributed by atoms with Crippen molar-refractivity contribution in [1.82, 2.24) is 20.0 Å². The minimum absolute atomic E-state index is 0.0395. The van der Waals surface area contributed by atoms with Crippen LogP contribution < -0.4 is 14.4 Å². The maximum atomic E-state index is 12.0. The number of rotatable bonds is 9. The first-order chi connectivity index (χ1) is 18.3. The summed E-state index contributed by atoms with van der Waals surface area (Å²) in [7, 11) is 5.87. The Bertz CT molecular complexity index is 1310. The number of H-pyrrole nitrogens is 1. The first kappa shape index (κ1) is 26.1. The molecule has 2 aliphatic heterocycles. The fraction of sp³-hybridized carbons (Fsp3) is 0.467. The van der Waals surface area contributed by atoms with E-state index < -0.39 is 0 Å². The predicted molar refractivity (Wildman–Crippen MR) is 152 cm³/mol. The SMILES string of the molecule is C=CC(=O)N1CC2(CCN(c3cc(OCCCN(C)C)c(OC)c(-c4c(C)ccc5[nH]ncc45)c3)CC2)C1. The zero-order valence-corrected chi connectivity index (χ0v) is 23.0. The van der Waals surface area contributed by atoms with Gasteiger partial charge in [0, 0.05) is 60.8 Å². The number of aromatic amines is 1. The number of carbonyl (C=O) groups excluding carboxylic acids is 1. The largest absolute Gasteiger partial charge is 0.492 e. The van der Waals surface area contributed by atoms with E-state index in [4.69, 9.17) is 9.47 Å². The lowest BCUT2D eigenvalue weighted by molar-refractivity contribution is -0.139. The molecule has 38 heavy (non-hydrogen) atoms. The summed E-state index contributed by atoms with van der Waals surface area (Å²) in [5.41, 5.74) is 5.65. The highest BCUT2D eigenvalue weighted by Crippen LogP contribution is 2.47. The highest BCUT2D eigenvalue weighted by atomic mass is 16.5. The van der Waals surface area contributed by atoms with Crippen LogP contribution in [0.5, 0.6) is 11.5 Å². The molecule has 2 aliphatic rings. The van der Waals surface area contributed by atoms with E-state index in [0.29, 0.717) is 6.61 Å². The number of fused-ring (bicyclic) bond motifs is 1. The summed E-state index contributed by atoms with van der Waals surface area (Å²) < 4.78 is 12.4. The van der Waals surface area contributed by atoms with Gasteiger partial charge in [-0.3, -0.25) is 9.89 Å². The normalized spacial score (nSPS) is 16.7. The van der Waals surface area contributed by atoms with E-state index in [1.54, 1.807) is 7.11 Å². The highest BCUT2D eigenvalue weighted by molar-refractivity contribution is 5.99. The average molecular weight is 518 g/mol. The Morgan fingerprint density at radius 1 is 1.24 bits per heavy atom. The molecule has 2 aromatic carbocycles. The number of aryl methyl sites for hydroxylation is 1. The fourth-order valence-electron chi connectivity index (χ4n) is 5.92. The van der Waals surface area contributed by atoms with Crippen LogP contribution in [0.3, 0.4) is 0 Å². The monoisotopic (exact) mass is 517 g/mol. The zero-order valence-electron chi connectivity index (χ0n) is 23.0. The van der Waals surface area contributed by atoms with Gasteiger partial charge in [-0.25, -0.2) is 0 Å². The first-order valence-corrected chi connectivity index (χ1v) is 13.4. The van der Waals surface area contributed by atoms with Gasteiger partial charge in [-0.1, -0.05) is 12.6 Å². The molecule has 1 aromatic heterocycles. The summed E-state index contributed by atoms with van der Waals surface area (Å²) in [6, 6.07) is 8.57. The van der Waals surface area contributed by atoms with E-state index in [0.717, 1.165) is 96.8 Å². The molecule has 8 nitrogen and oxygen atoms in total. The lowest BCUT2D eigenvalue weighted by atomic mass is 9.72. The molecule has 3 heterocycles. The predicted octanol–water partition coefficient (Wildman–Crippen LogP) is 4.49. The van der Waals surface area contributed by atoms with Crippen molar-refractivity contribution in [3.05, 3.63) is 48.7 Å². The number of carbonyl (C=O) groups is 1. The number of aromatic nitrogens is 2. The number of benzene rings is 2. The highest BCUT2D eigenvalue weighted by Gasteiger charge is 2.46. The maximum absolute atomic E-state index is 12.0. The number of amides is 1. The van der Waals surface area contributed by atoms with Crippen molar-refractivity contribution in [1.29, 1.82) is 0 Å². The molecule has 8 heteroatoms. The Morgan fingerprint density at radius 3 is 2.68 bits per heavy atom. The van der Waals surface area contributed by atoms with Crippen LogP contribution in [0, 0.1) is 12.3 Å². The summed E-state index contributed by atoms with van der Waals surface area (Å²) in [4.78, 5) is 18.5. The number of hydrogen-bond donors (Lipinski definition) is 1. The van der Waals surface area contributed by atoms with E-state index >= 15 is 0 Å². The van der Waals surface area contributed by atoms with Gasteiger partial charge in [-0.15, -0.1) is 0 Å². The smallest absolute Gasteiger partial charge is 0.245 e. The number of likely N-dealkylation sites (tertiary alicyclic amines) is 1. The Hall–Kier alpha value is -3.52. The molecule has 1 spiro atoms. The van der Waals surface area contributed by atoms with Gasteiger partial charge >= 0.3 is 0 Å².